The molecule has 0 amide bonds. The van der Waals surface area contributed by atoms with Gasteiger partial charge in [0.15, 0.2) is 0 Å². The molecular formula is C15H26N2O3S. The van der Waals surface area contributed by atoms with Crippen LogP contribution in [0.2, 0.25) is 0 Å². The van der Waals surface area contributed by atoms with Gasteiger partial charge >= 0.3 is 0 Å². The second-order valence-corrected chi connectivity index (χ2v) is 6.88. The lowest BCUT2D eigenvalue weighted by atomic mass is 9.95. The van der Waals surface area contributed by atoms with Crippen molar-refractivity contribution in [3.8, 4) is 0 Å². The van der Waals surface area contributed by atoms with E-state index in [0.717, 1.165) is 31.6 Å². The standard InChI is InChI=1S/C15H26N2O3S/c1-12-14(21-11-16-12)4-7-19-9-13(18)8-17-15(2)5-3-6-20-10-15/h11,13,17-18H,3-10H2,1-2H3. The maximum absolute atomic E-state index is 9.97. The first kappa shape index (κ1) is 16.8. The summed E-state index contributed by atoms with van der Waals surface area (Å²) < 4.78 is 11.0. The Morgan fingerprint density at radius 1 is 1.62 bits per heavy atom. The van der Waals surface area contributed by atoms with Crippen LogP contribution < -0.4 is 5.32 Å². The molecule has 0 aliphatic carbocycles. The number of hydrogen-bond acceptors (Lipinski definition) is 6. The number of thiazole rings is 1. The lowest BCUT2D eigenvalue weighted by Gasteiger charge is -2.35. The van der Waals surface area contributed by atoms with Crippen LogP contribution in [0.1, 0.15) is 30.3 Å². The van der Waals surface area contributed by atoms with Crippen molar-refractivity contribution in [3.63, 3.8) is 0 Å². The monoisotopic (exact) mass is 314 g/mol. The Kier molecular flexibility index (Phi) is 6.57. The number of rotatable bonds is 8. The highest BCUT2D eigenvalue weighted by Gasteiger charge is 2.27. The van der Waals surface area contributed by atoms with E-state index < -0.39 is 6.10 Å². The van der Waals surface area contributed by atoms with Crippen LogP contribution in [0.15, 0.2) is 5.51 Å². The van der Waals surface area contributed by atoms with Crippen LogP contribution in [0.25, 0.3) is 0 Å². The van der Waals surface area contributed by atoms with Gasteiger partial charge in [-0.2, -0.15) is 0 Å². The quantitative estimate of drug-likeness (QED) is 0.713. The zero-order valence-electron chi connectivity index (χ0n) is 12.9. The van der Waals surface area contributed by atoms with Gasteiger partial charge < -0.3 is 19.9 Å². The smallest absolute Gasteiger partial charge is 0.0897 e. The molecule has 2 atom stereocenters. The van der Waals surface area contributed by atoms with Crippen LogP contribution in [0.3, 0.4) is 0 Å². The minimum Gasteiger partial charge on any atom is -0.389 e. The van der Waals surface area contributed by atoms with Gasteiger partial charge in [0.25, 0.3) is 0 Å². The third-order valence-corrected chi connectivity index (χ3v) is 4.83. The summed E-state index contributed by atoms with van der Waals surface area (Å²) in [5, 5.41) is 13.4. The van der Waals surface area contributed by atoms with E-state index in [1.54, 1.807) is 11.3 Å². The Morgan fingerprint density at radius 2 is 2.48 bits per heavy atom. The molecule has 21 heavy (non-hydrogen) atoms. The molecule has 0 radical (unpaired) electrons. The summed E-state index contributed by atoms with van der Waals surface area (Å²) in [5.41, 5.74) is 2.92. The van der Waals surface area contributed by atoms with E-state index in [4.69, 9.17) is 9.47 Å². The van der Waals surface area contributed by atoms with Crippen molar-refractivity contribution in [1.29, 1.82) is 0 Å². The number of aliphatic hydroxyl groups is 1. The topological polar surface area (TPSA) is 63.6 Å². The lowest BCUT2D eigenvalue weighted by molar-refractivity contribution is 0.00673. The average Bonchev–Trinajstić information content (AvgIpc) is 2.88. The van der Waals surface area contributed by atoms with Gasteiger partial charge in [-0.1, -0.05) is 0 Å². The highest BCUT2D eigenvalue weighted by Crippen LogP contribution is 2.18. The summed E-state index contributed by atoms with van der Waals surface area (Å²) in [5.74, 6) is 0. The van der Waals surface area contributed by atoms with Crippen molar-refractivity contribution in [3.05, 3.63) is 16.1 Å². The maximum atomic E-state index is 9.97. The predicted molar refractivity (Wildman–Crippen MR) is 83.8 cm³/mol. The van der Waals surface area contributed by atoms with E-state index >= 15 is 0 Å². The number of ether oxygens (including phenoxy) is 2. The first-order chi connectivity index (χ1) is 10.1. The minimum absolute atomic E-state index is 0.0149. The molecule has 1 aliphatic rings. The Labute approximate surface area is 130 Å². The van der Waals surface area contributed by atoms with Crippen LogP contribution in [-0.2, 0) is 15.9 Å². The third kappa shape index (κ3) is 5.64. The summed E-state index contributed by atoms with van der Waals surface area (Å²) in [6, 6.07) is 0. The van der Waals surface area contributed by atoms with E-state index in [0.29, 0.717) is 26.4 Å². The number of nitrogens with one attached hydrogen (secondary N) is 1. The van der Waals surface area contributed by atoms with Crippen LogP contribution >= 0.6 is 11.3 Å². The minimum atomic E-state index is -0.480. The summed E-state index contributed by atoms with van der Waals surface area (Å²) in [6.07, 6.45) is 2.55. The largest absolute Gasteiger partial charge is 0.389 e. The van der Waals surface area contributed by atoms with Crippen LogP contribution in [0.5, 0.6) is 0 Å². The SMILES string of the molecule is Cc1ncsc1CCOCC(O)CNC1(C)CCCOC1. The van der Waals surface area contributed by atoms with Crippen LogP contribution in [0.4, 0.5) is 0 Å². The number of nitrogens with zero attached hydrogens (tertiary/aromatic N) is 1. The van der Waals surface area contributed by atoms with E-state index in [2.05, 4.69) is 17.2 Å². The van der Waals surface area contributed by atoms with Crippen molar-refractivity contribution in [2.75, 3.05) is 33.0 Å². The highest BCUT2D eigenvalue weighted by atomic mass is 32.1. The zero-order valence-corrected chi connectivity index (χ0v) is 13.7. The molecule has 2 heterocycles. The molecule has 1 aromatic heterocycles. The van der Waals surface area contributed by atoms with Crippen molar-refractivity contribution in [1.82, 2.24) is 10.3 Å². The van der Waals surface area contributed by atoms with Crippen molar-refractivity contribution >= 4 is 11.3 Å². The molecule has 120 valence electrons. The maximum Gasteiger partial charge on any atom is 0.0897 e. The molecular weight excluding hydrogens is 288 g/mol. The number of aryl methyl sites for hydroxylation is 1. The van der Waals surface area contributed by atoms with Gasteiger partial charge in [0.1, 0.15) is 0 Å². The van der Waals surface area contributed by atoms with Gasteiger partial charge in [-0.05, 0) is 26.7 Å². The molecule has 2 N–H and O–H groups in total. The highest BCUT2D eigenvalue weighted by molar-refractivity contribution is 7.09. The number of hydrogen-bond donors (Lipinski definition) is 2. The van der Waals surface area contributed by atoms with Gasteiger partial charge in [-0.3, -0.25) is 0 Å². The summed E-state index contributed by atoms with van der Waals surface area (Å²) in [6.45, 7) is 7.25. The zero-order chi connectivity index (χ0) is 15.1. The van der Waals surface area contributed by atoms with Gasteiger partial charge in [0.05, 0.1) is 37.1 Å². The van der Waals surface area contributed by atoms with Crippen LogP contribution in [-0.4, -0.2) is 54.7 Å². The van der Waals surface area contributed by atoms with Crippen LogP contribution in [0, 0.1) is 6.92 Å². The van der Waals surface area contributed by atoms with Gasteiger partial charge in [-0.15, -0.1) is 11.3 Å². The Morgan fingerprint density at radius 3 is 3.14 bits per heavy atom. The Balaban J connectivity index is 1.57. The van der Waals surface area contributed by atoms with E-state index in [-0.39, 0.29) is 5.54 Å². The van der Waals surface area contributed by atoms with E-state index in [1.807, 2.05) is 12.4 Å². The average molecular weight is 314 g/mol. The number of β-amino-alcohol motifs (C(OH)–C–C–N with tert-alkyl or cyclic N) is 1. The second-order valence-electron chi connectivity index (χ2n) is 5.94. The molecule has 0 spiro atoms. The van der Waals surface area contributed by atoms with Gasteiger partial charge in [-0.25, -0.2) is 4.98 Å². The summed E-state index contributed by atoms with van der Waals surface area (Å²) >= 11 is 1.66. The van der Waals surface area contributed by atoms with Crippen molar-refractivity contribution < 1.29 is 14.6 Å². The Bertz CT molecular complexity index is 419. The van der Waals surface area contributed by atoms with E-state index in [9.17, 15) is 5.11 Å². The molecule has 1 saturated heterocycles. The molecule has 1 aliphatic heterocycles. The molecule has 0 aromatic carbocycles. The van der Waals surface area contributed by atoms with Gasteiger partial charge in [0, 0.05) is 30.0 Å². The van der Waals surface area contributed by atoms with E-state index in [1.165, 1.54) is 4.88 Å². The third-order valence-electron chi connectivity index (χ3n) is 3.83. The molecule has 5 nitrogen and oxygen atoms in total. The summed E-state index contributed by atoms with van der Waals surface area (Å²) in [7, 11) is 0. The fraction of sp³-hybridized carbons (Fsp3) is 0.800. The van der Waals surface area contributed by atoms with Gasteiger partial charge in [0.2, 0.25) is 0 Å². The molecule has 1 fully saturated rings. The fourth-order valence-corrected chi connectivity index (χ4v) is 3.21. The molecule has 2 unspecified atom stereocenters. The van der Waals surface area contributed by atoms with Crippen molar-refractivity contribution in [2.45, 2.75) is 44.8 Å². The molecule has 2 rings (SSSR count). The summed E-state index contributed by atoms with van der Waals surface area (Å²) in [4.78, 5) is 5.47. The number of aliphatic hydroxyl groups excluding tert-OH is 1. The number of aromatic nitrogens is 1. The molecule has 0 saturated carbocycles. The molecule has 6 heteroatoms. The first-order valence-corrected chi connectivity index (χ1v) is 8.44. The molecule has 1 aromatic rings. The van der Waals surface area contributed by atoms with Crippen molar-refractivity contribution in [2.24, 2.45) is 0 Å². The lowest BCUT2D eigenvalue weighted by Crippen LogP contribution is -2.51. The molecule has 0 bridgehead atoms. The first-order valence-electron chi connectivity index (χ1n) is 7.57. The predicted octanol–water partition coefficient (Wildman–Crippen LogP) is 1.53. The Hall–Kier alpha value is -0.530. The fourth-order valence-electron chi connectivity index (χ4n) is 2.45. The normalized spacial score (nSPS) is 24.1. The second kappa shape index (κ2) is 8.19.